The van der Waals surface area contributed by atoms with E-state index in [2.05, 4.69) is 22.4 Å². The molecule has 1 aromatic heterocycles. The lowest BCUT2D eigenvalue weighted by Crippen LogP contribution is -2.61. The van der Waals surface area contributed by atoms with Gasteiger partial charge >= 0.3 is 0 Å². The predicted octanol–water partition coefficient (Wildman–Crippen LogP) is 3.28. The molecule has 3 aliphatic rings. The van der Waals surface area contributed by atoms with Crippen LogP contribution in [0.3, 0.4) is 0 Å². The highest BCUT2D eigenvalue weighted by Crippen LogP contribution is 2.41. The molecule has 8 heteroatoms. The molecule has 1 amide bonds. The molecular formula is C25H27N3O4S. The molecule has 1 atom stereocenters. The van der Waals surface area contributed by atoms with Gasteiger partial charge in [0.2, 0.25) is 15.9 Å². The van der Waals surface area contributed by atoms with E-state index < -0.39 is 15.6 Å². The van der Waals surface area contributed by atoms with Crippen LogP contribution in [0, 0.1) is 5.92 Å². The number of nitrogens with one attached hydrogen (secondary N) is 2. The van der Waals surface area contributed by atoms with Crippen LogP contribution < -0.4 is 5.32 Å². The van der Waals surface area contributed by atoms with Crippen molar-refractivity contribution in [2.75, 3.05) is 19.6 Å². The van der Waals surface area contributed by atoms with E-state index in [1.807, 2.05) is 30.5 Å². The molecule has 172 valence electrons. The average Bonchev–Trinajstić information content (AvgIpc) is 3.57. The highest BCUT2D eigenvalue weighted by molar-refractivity contribution is 7.89. The Morgan fingerprint density at radius 1 is 0.970 bits per heavy atom. The summed E-state index contributed by atoms with van der Waals surface area (Å²) in [6, 6.07) is 15.3. The number of piperidine rings is 1. The van der Waals surface area contributed by atoms with Gasteiger partial charge in [-0.1, -0.05) is 24.3 Å². The minimum atomic E-state index is -3.59. The number of carbonyl (C=O) groups excluding carboxylic acids is 1. The maximum Gasteiger partial charge on any atom is 0.249 e. The Labute approximate surface area is 193 Å². The summed E-state index contributed by atoms with van der Waals surface area (Å²) in [7, 11) is -3.59. The molecule has 3 fully saturated rings. The van der Waals surface area contributed by atoms with E-state index in [4.69, 9.17) is 4.74 Å². The van der Waals surface area contributed by atoms with Gasteiger partial charge in [-0.15, -0.1) is 0 Å². The van der Waals surface area contributed by atoms with Crippen molar-refractivity contribution in [3.05, 3.63) is 54.7 Å². The van der Waals surface area contributed by atoms with Gasteiger partial charge in [0.1, 0.15) is 6.10 Å². The van der Waals surface area contributed by atoms with E-state index in [0.717, 1.165) is 34.9 Å². The van der Waals surface area contributed by atoms with E-state index >= 15 is 0 Å². The van der Waals surface area contributed by atoms with E-state index in [1.54, 1.807) is 16.4 Å². The van der Waals surface area contributed by atoms with Gasteiger partial charge in [-0.25, -0.2) is 8.42 Å². The number of H-pyrrole nitrogens is 1. The van der Waals surface area contributed by atoms with Gasteiger partial charge in [-0.05, 0) is 72.4 Å². The van der Waals surface area contributed by atoms with Gasteiger partial charge in [0.05, 0.1) is 10.5 Å². The molecule has 2 saturated heterocycles. The number of benzene rings is 2. The number of aromatic amines is 1. The Kier molecular flexibility index (Phi) is 4.87. The Hall–Kier alpha value is -2.68. The highest BCUT2D eigenvalue weighted by Gasteiger charge is 2.49. The molecule has 33 heavy (non-hydrogen) atoms. The van der Waals surface area contributed by atoms with Crippen LogP contribution in [0.5, 0.6) is 0 Å². The summed E-state index contributed by atoms with van der Waals surface area (Å²) >= 11 is 0. The van der Waals surface area contributed by atoms with Crippen molar-refractivity contribution in [3.8, 4) is 11.1 Å². The van der Waals surface area contributed by atoms with Crippen molar-refractivity contribution in [1.82, 2.24) is 14.6 Å². The van der Waals surface area contributed by atoms with Gasteiger partial charge in [0.15, 0.2) is 0 Å². The summed E-state index contributed by atoms with van der Waals surface area (Å²) < 4.78 is 34.4. The summed E-state index contributed by atoms with van der Waals surface area (Å²) in [5.41, 5.74) is 2.61. The van der Waals surface area contributed by atoms with Crippen molar-refractivity contribution in [2.45, 2.75) is 42.3 Å². The molecule has 7 nitrogen and oxygen atoms in total. The number of fused-ring (bicyclic) bond motifs is 1. The zero-order valence-electron chi connectivity index (χ0n) is 18.3. The van der Waals surface area contributed by atoms with Crippen molar-refractivity contribution in [1.29, 1.82) is 0 Å². The Balaban J connectivity index is 1.16. The SMILES string of the molecule is O=C1NCC2(CCN(S(=O)(=O)c3ccc(-c4ccc5cc[nH]c5c4)cc3)CC2)OC1C1CC1. The molecule has 1 aliphatic carbocycles. The molecule has 2 N–H and O–H groups in total. The lowest BCUT2D eigenvalue weighted by Gasteiger charge is -2.45. The topological polar surface area (TPSA) is 91.5 Å². The van der Waals surface area contributed by atoms with Crippen LogP contribution >= 0.6 is 0 Å². The van der Waals surface area contributed by atoms with Crippen LogP contribution in [0.15, 0.2) is 59.6 Å². The zero-order chi connectivity index (χ0) is 22.6. The van der Waals surface area contributed by atoms with E-state index in [0.29, 0.717) is 43.3 Å². The number of rotatable bonds is 4. The van der Waals surface area contributed by atoms with Crippen LogP contribution in [0.1, 0.15) is 25.7 Å². The first-order chi connectivity index (χ1) is 15.9. The quantitative estimate of drug-likeness (QED) is 0.619. The summed E-state index contributed by atoms with van der Waals surface area (Å²) in [4.78, 5) is 15.7. The number of hydrogen-bond acceptors (Lipinski definition) is 4. The molecule has 1 spiro atoms. The monoisotopic (exact) mass is 465 g/mol. The molecular weight excluding hydrogens is 438 g/mol. The normalized spacial score (nSPS) is 23.6. The first-order valence-corrected chi connectivity index (χ1v) is 13.0. The number of hydrogen-bond donors (Lipinski definition) is 2. The van der Waals surface area contributed by atoms with E-state index in [1.165, 1.54) is 0 Å². The molecule has 2 aliphatic heterocycles. The van der Waals surface area contributed by atoms with E-state index in [-0.39, 0.29) is 12.0 Å². The van der Waals surface area contributed by atoms with Crippen molar-refractivity contribution in [3.63, 3.8) is 0 Å². The smallest absolute Gasteiger partial charge is 0.249 e. The second-order valence-electron chi connectivity index (χ2n) is 9.48. The third-order valence-corrected chi connectivity index (χ3v) is 9.20. The number of sulfonamides is 1. The fourth-order valence-electron chi connectivity index (χ4n) is 5.05. The molecule has 0 radical (unpaired) electrons. The first-order valence-electron chi connectivity index (χ1n) is 11.6. The standard InChI is InChI=1S/C25H27N3O4S/c29-24-23(19-2-3-19)32-25(16-27-24)10-13-28(14-11-25)33(30,31)21-7-5-17(6-8-21)20-4-1-18-9-12-26-22(18)15-20/h1,4-9,12,15,19,23,26H,2-3,10-11,13-14,16H2,(H,27,29). The van der Waals surface area contributed by atoms with Gasteiger partial charge in [0.25, 0.3) is 0 Å². The summed E-state index contributed by atoms with van der Waals surface area (Å²) in [5.74, 6) is 0.300. The molecule has 2 aromatic carbocycles. The van der Waals surface area contributed by atoms with Gasteiger partial charge in [0, 0.05) is 31.3 Å². The number of carbonyl (C=O) groups is 1. The average molecular weight is 466 g/mol. The number of ether oxygens (including phenoxy) is 1. The second-order valence-corrected chi connectivity index (χ2v) is 11.4. The predicted molar refractivity (Wildman–Crippen MR) is 125 cm³/mol. The second kappa shape index (κ2) is 7.68. The largest absolute Gasteiger partial charge is 0.361 e. The van der Waals surface area contributed by atoms with Gasteiger partial charge in [-0.3, -0.25) is 4.79 Å². The molecule has 6 rings (SSSR count). The first kappa shape index (κ1) is 20.9. The van der Waals surface area contributed by atoms with E-state index in [9.17, 15) is 13.2 Å². The van der Waals surface area contributed by atoms with Crippen LogP contribution in [0.2, 0.25) is 0 Å². The van der Waals surface area contributed by atoms with Crippen LogP contribution in [-0.4, -0.2) is 55.0 Å². The highest BCUT2D eigenvalue weighted by atomic mass is 32.2. The maximum atomic E-state index is 13.3. The fraction of sp³-hybridized carbons (Fsp3) is 0.400. The Morgan fingerprint density at radius 3 is 2.42 bits per heavy atom. The van der Waals surface area contributed by atoms with Crippen LogP contribution in [0.4, 0.5) is 0 Å². The molecule has 3 aromatic rings. The Morgan fingerprint density at radius 2 is 1.70 bits per heavy atom. The van der Waals surface area contributed by atoms with Crippen molar-refractivity contribution < 1.29 is 17.9 Å². The summed E-state index contributed by atoms with van der Waals surface area (Å²) in [6.07, 6.45) is 4.77. The molecule has 1 unspecified atom stereocenters. The number of amides is 1. The zero-order valence-corrected chi connectivity index (χ0v) is 19.1. The number of nitrogens with zero attached hydrogens (tertiary/aromatic N) is 1. The van der Waals surface area contributed by atoms with Gasteiger partial charge < -0.3 is 15.0 Å². The number of aromatic nitrogens is 1. The lowest BCUT2D eigenvalue weighted by atomic mass is 9.89. The molecule has 0 bridgehead atoms. The minimum absolute atomic E-state index is 0.0197. The van der Waals surface area contributed by atoms with Gasteiger partial charge in [-0.2, -0.15) is 4.31 Å². The summed E-state index contributed by atoms with van der Waals surface area (Å²) in [6.45, 7) is 1.24. The molecule has 1 saturated carbocycles. The third-order valence-electron chi connectivity index (χ3n) is 7.28. The number of morpholine rings is 1. The Bertz CT molecular complexity index is 1300. The van der Waals surface area contributed by atoms with Crippen LogP contribution in [0.25, 0.3) is 22.0 Å². The fourth-order valence-corrected chi connectivity index (χ4v) is 6.49. The molecule has 3 heterocycles. The summed E-state index contributed by atoms with van der Waals surface area (Å²) in [5, 5.41) is 4.14. The van der Waals surface area contributed by atoms with Crippen LogP contribution in [-0.2, 0) is 19.6 Å². The lowest BCUT2D eigenvalue weighted by molar-refractivity contribution is -0.171. The van der Waals surface area contributed by atoms with Crippen molar-refractivity contribution in [2.24, 2.45) is 5.92 Å². The minimum Gasteiger partial charge on any atom is -0.361 e. The third kappa shape index (κ3) is 3.76. The van der Waals surface area contributed by atoms with Crippen molar-refractivity contribution >= 4 is 26.8 Å². The maximum absolute atomic E-state index is 13.3.